The number of ether oxygens (including phenoxy) is 2. The second-order valence-electron chi connectivity index (χ2n) is 9.47. The summed E-state index contributed by atoms with van der Waals surface area (Å²) in [6, 6.07) is 14.6. The first-order valence-corrected chi connectivity index (χ1v) is 10.3. The van der Waals surface area contributed by atoms with Crippen molar-refractivity contribution in [3.63, 3.8) is 0 Å². The normalized spacial score (nSPS) is 12.1. The van der Waals surface area contributed by atoms with Gasteiger partial charge in [-0.15, -0.1) is 0 Å². The summed E-state index contributed by atoms with van der Waals surface area (Å²) < 4.78 is 11.9. The lowest BCUT2D eigenvalue weighted by Gasteiger charge is -2.33. The molecule has 0 fully saturated rings. The quantitative estimate of drug-likeness (QED) is 0.553. The Balaban J connectivity index is 2.05. The van der Waals surface area contributed by atoms with E-state index in [2.05, 4.69) is 83.3 Å². The van der Waals surface area contributed by atoms with Gasteiger partial charge >= 0.3 is 0 Å². The zero-order chi connectivity index (χ0) is 20.8. The van der Waals surface area contributed by atoms with Gasteiger partial charge in [0.1, 0.15) is 6.61 Å². The standard InChI is InChI=1S/C25H37NO2/c1-8-27-23-15-20(16-26-25(6,7)18-24(3,4)5)12-13-22(23)28-17-21-11-9-10-19(2)14-21/h9-15,26H,8,16-18H2,1-7H3. The number of aryl methyl sites for hydroxylation is 1. The van der Waals surface area contributed by atoms with E-state index in [0.717, 1.165) is 30.0 Å². The van der Waals surface area contributed by atoms with E-state index in [0.29, 0.717) is 18.6 Å². The molecule has 28 heavy (non-hydrogen) atoms. The fourth-order valence-corrected chi connectivity index (χ4v) is 3.74. The molecule has 0 heterocycles. The Morgan fingerprint density at radius 2 is 1.61 bits per heavy atom. The van der Waals surface area contributed by atoms with Gasteiger partial charge in [0.25, 0.3) is 0 Å². The van der Waals surface area contributed by atoms with E-state index in [4.69, 9.17) is 9.47 Å². The third-order valence-corrected chi connectivity index (χ3v) is 4.53. The van der Waals surface area contributed by atoms with Crippen LogP contribution in [0.5, 0.6) is 11.5 Å². The smallest absolute Gasteiger partial charge is 0.161 e. The first kappa shape index (κ1) is 22.3. The van der Waals surface area contributed by atoms with Gasteiger partial charge in [-0.3, -0.25) is 0 Å². The number of hydrogen-bond acceptors (Lipinski definition) is 3. The van der Waals surface area contributed by atoms with E-state index < -0.39 is 0 Å². The summed E-state index contributed by atoms with van der Waals surface area (Å²) in [7, 11) is 0. The molecule has 2 rings (SSSR count). The van der Waals surface area contributed by atoms with Crippen LogP contribution in [0, 0.1) is 12.3 Å². The fraction of sp³-hybridized carbons (Fsp3) is 0.520. The molecule has 0 bridgehead atoms. The third kappa shape index (κ3) is 7.55. The molecule has 0 amide bonds. The van der Waals surface area contributed by atoms with Gasteiger partial charge < -0.3 is 14.8 Å². The largest absolute Gasteiger partial charge is 0.490 e. The maximum atomic E-state index is 6.05. The van der Waals surface area contributed by atoms with E-state index in [1.54, 1.807) is 0 Å². The maximum absolute atomic E-state index is 6.05. The maximum Gasteiger partial charge on any atom is 0.161 e. The summed E-state index contributed by atoms with van der Waals surface area (Å²) in [6.45, 7) is 17.4. The van der Waals surface area contributed by atoms with Crippen molar-refractivity contribution >= 4 is 0 Å². The molecule has 0 aliphatic heterocycles. The van der Waals surface area contributed by atoms with E-state index in [1.165, 1.54) is 11.1 Å². The topological polar surface area (TPSA) is 30.5 Å². The van der Waals surface area contributed by atoms with E-state index in [1.807, 2.05) is 13.0 Å². The molecule has 2 aromatic carbocycles. The van der Waals surface area contributed by atoms with Gasteiger partial charge in [-0.2, -0.15) is 0 Å². The minimum absolute atomic E-state index is 0.0738. The average Bonchev–Trinajstić information content (AvgIpc) is 2.57. The molecule has 3 heteroatoms. The molecule has 3 nitrogen and oxygen atoms in total. The minimum atomic E-state index is 0.0738. The van der Waals surface area contributed by atoms with Crippen molar-refractivity contribution in [3.8, 4) is 11.5 Å². The Kier molecular flexibility index (Phi) is 7.54. The van der Waals surface area contributed by atoms with Gasteiger partial charge in [-0.25, -0.2) is 0 Å². The lowest BCUT2D eigenvalue weighted by atomic mass is 9.82. The Hall–Kier alpha value is -2.00. The van der Waals surface area contributed by atoms with Crippen molar-refractivity contribution in [2.45, 2.75) is 73.6 Å². The first-order valence-electron chi connectivity index (χ1n) is 10.3. The van der Waals surface area contributed by atoms with Crippen molar-refractivity contribution in [1.29, 1.82) is 0 Å². The van der Waals surface area contributed by atoms with Gasteiger partial charge in [-0.1, -0.05) is 56.7 Å². The highest BCUT2D eigenvalue weighted by Crippen LogP contribution is 2.31. The third-order valence-electron chi connectivity index (χ3n) is 4.53. The van der Waals surface area contributed by atoms with Crippen LogP contribution in [0.2, 0.25) is 0 Å². The van der Waals surface area contributed by atoms with Crippen LogP contribution in [0.15, 0.2) is 42.5 Å². The SMILES string of the molecule is CCOc1cc(CNC(C)(C)CC(C)(C)C)ccc1OCc1cccc(C)c1. The number of nitrogens with one attached hydrogen (secondary N) is 1. The van der Waals surface area contributed by atoms with Gasteiger partial charge in [-0.05, 0) is 62.8 Å². The van der Waals surface area contributed by atoms with Crippen LogP contribution in [0.25, 0.3) is 0 Å². The molecule has 0 saturated carbocycles. The molecule has 0 aromatic heterocycles. The molecule has 0 radical (unpaired) electrons. The number of rotatable bonds is 9. The zero-order valence-corrected chi connectivity index (χ0v) is 18.7. The molecule has 0 aliphatic carbocycles. The Labute approximate surface area is 171 Å². The molecule has 0 aliphatic rings. The van der Waals surface area contributed by atoms with Gasteiger partial charge in [0, 0.05) is 12.1 Å². The molecule has 2 aromatic rings. The monoisotopic (exact) mass is 383 g/mol. The Bertz CT molecular complexity index is 759. The van der Waals surface area contributed by atoms with E-state index in [9.17, 15) is 0 Å². The number of benzene rings is 2. The van der Waals surface area contributed by atoms with Crippen molar-refractivity contribution < 1.29 is 9.47 Å². The Morgan fingerprint density at radius 3 is 2.25 bits per heavy atom. The molecule has 0 saturated heterocycles. The molecular formula is C25H37NO2. The summed E-state index contributed by atoms with van der Waals surface area (Å²) in [4.78, 5) is 0. The molecular weight excluding hydrogens is 346 g/mol. The van der Waals surface area contributed by atoms with Crippen LogP contribution in [0.4, 0.5) is 0 Å². The molecule has 0 spiro atoms. The average molecular weight is 384 g/mol. The summed E-state index contributed by atoms with van der Waals surface area (Å²) in [5.41, 5.74) is 3.97. The zero-order valence-electron chi connectivity index (χ0n) is 18.7. The van der Waals surface area contributed by atoms with Gasteiger partial charge in [0.05, 0.1) is 6.61 Å². The van der Waals surface area contributed by atoms with Crippen molar-refractivity contribution in [2.24, 2.45) is 5.41 Å². The van der Waals surface area contributed by atoms with Crippen LogP contribution < -0.4 is 14.8 Å². The molecule has 1 N–H and O–H groups in total. The highest BCUT2D eigenvalue weighted by atomic mass is 16.5. The highest BCUT2D eigenvalue weighted by molar-refractivity contribution is 5.43. The van der Waals surface area contributed by atoms with Crippen LogP contribution in [-0.2, 0) is 13.2 Å². The first-order chi connectivity index (χ1) is 13.1. The molecule has 0 unspecified atom stereocenters. The van der Waals surface area contributed by atoms with Crippen LogP contribution in [0.3, 0.4) is 0 Å². The van der Waals surface area contributed by atoms with Crippen molar-refractivity contribution in [1.82, 2.24) is 5.32 Å². The van der Waals surface area contributed by atoms with Crippen molar-refractivity contribution in [3.05, 3.63) is 59.2 Å². The van der Waals surface area contributed by atoms with Crippen LogP contribution >= 0.6 is 0 Å². The summed E-state index contributed by atoms with van der Waals surface area (Å²) in [5.74, 6) is 1.60. The molecule has 154 valence electrons. The molecule has 0 atom stereocenters. The van der Waals surface area contributed by atoms with E-state index >= 15 is 0 Å². The van der Waals surface area contributed by atoms with Gasteiger partial charge in [0.2, 0.25) is 0 Å². The fourth-order valence-electron chi connectivity index (χ4n) is 3.74. The van der Waals surface area contributed by atoms with Crippen LogP contribution in [-0.4, -0.2) is 12.1 Å². The van der Waals surface area contributed by atoms with Gasteiger partial charge in [0.15, 0.2) is 11.5 Å². The lowest BCUT2D eigenvalue weighted by Crippen LogP contribution is -2.41. The second kappa shape index (κ2) is 9.47. The summed E-state index contributed by atoms with van der Waals surface area (Å²) in [6.07, 6.45) is 1.11. The predicted molar refractivity (Wildman–Crippen MR) is 118 cm³/mol. The Morgan fingerprint density at radius 1 is 0.857 bits per heavy atom. The van der Waals surface area contributed by atoms with Crippen molar-refractivity contribution in [2.75, 3.05) is 6.61 Å². The summed E-state index contributed by atoms with van der Waals surface area (Å²) in [5, 5.41) is 3.69. The lowest BCUT2D eigenvalue weighted by molar-refractivity contribution is 0.240. The highest BCUT2D eigenvalue weighted by Gasteiger charge is 2.24. The second-order valence-corrected chi connectivity index (χ2v) is 9.47. The summed E-state index contributed by atoms with van der Waals surface area (Å²) >= 11 is 0. The predicted octanol–water partition coefficient (Wildman–Crippen LogP) is 6.28. The van der Waals surface area contributed by atoms with E-state index in [-0.39, 0.29) is 5.54 Å². The van der Waals surface area contributed by atoms with Crippen LogP contribution in [0.1, 0.15) is 64.7 Å². The number of hydrogen-bond donors (Lipinski definition) is 1. The minimum Gasteiger partial charge on any atom is -0.490 e.